The molecular weight excluding hydrogens is 395 g/mol. The molecule has 0 bridgehead atoms. The first-order valence-electron chi connectivity index (χ1n) is 9.10. The van der Waals surface area contributed by atoms with E-state index in [1.165, 1.54) is 0 Å². The standard InChI is InChI=1S/C19H26Cl2N2O2.ClH/c1-13-10-15(4-7-22-13)19(24)23-8-5-16(6-9-23)25-12-14-2-3-17(20)18(21)11-14;/h2-3,11,13,15-16,22H,4-10,12H2,1H3;1H/t13-,15-;/m0./s1. The van der Waals surface area contributed by atoms with Gasteiger partial charge in [-0.1, -0.05) is 29.3 Å². The van der Waals surface area contributed by atoms with Crippen LogP contribution in [0, 0.1) is 5.92 Å². The van der Waals surface area contributed by atoms with E-state index < -0.39 is 0 Å². The fourth-order valence-corrected chi connectivity index (χ4v) is 4.02. The van der Waals surface area contributed by atoms with Gasteiger partial charge in [0.25, 0.3) is 0 Å². The number of rotatable bonds is 4. The third kappa shape index (κ3) is 5.74. The summed E-state index contributed by atoms with van der Waals surface area (Å²) >= 11 is 12.0. The summed E-state index contributed by atoms with van der Waals surface area (Å²) in [5.74, 6) is 0.515. The summed E-state index contributed by atoms with van der Waals surface area (Å²) in [6.07, 6.45) is 3.90. The van der Waals surface area contributed by atoms with Gasteiger partial charge in [0, 0.05) is 25.0 Å². The Hall–Kier alpha value is -0.520. The van der Waals surface area contributed by atoms with E-state index in [1.54, 1.807) is 6.07 Å². The summed E-state index contributed by atoms with van der Waals surface area (Å²) < 4.78 is 6.00. The number of likely N-dealkylation sites (tertiary alicyclic amines) is 1. The molecule has 7 heteroatoms. The molecule has 4 nitrogen and oxygen atoms in total. The molecule has 26 heavy (non-hydrogen) atoms. The van der Waals surface area contributed by atoms with Crippen LogP contribution in [0.5, 0.6) is 0 Å². The highest BCUT2D eigenvalue weighted by Crippen LogP contribution is 2.25. The van der Waals surface area contributed by atoms with Gasteiger partial charge in [0.1, 0.15) is 0 Å². The van der Waals surface area contributed by atoms with Gasteiger partial charge in [0.15, 0.2) is 0 Å². The molecule has 2 heterocycles. The summed E-state index contributed by atoms with van der Waals surface area (Å²) in [6.45, 7) is 5.22. The van der Waals surface area contributed by atoms with Crippen LogP contribution in [0.25, 0.3) is 0 Å². The first-order valence-corrected chi connectivity index (χ1v) is 9.86. The number of nitrogens with one attached hydrogen (secondary N) is 1. The summed E-state index contributed by atoms with van der Waals surface area (Å²) in [5.41, 5.74) is 1.02. The molecule has 2 saturated heterocycles. The van der Waals surface area contributed by atoms with E-state index >= 15 is 0 Å². The van der Waals surface area contributed by atoms with Gasteiger partial charge in [-0.05, 0) is 56.8 Å². The van der Waals surface area contributed by atoms with Gasteiger partial charge >= 0.3 is 0 Å². The lowest BCUT2D eigenvalue weighted by atomic mass is 9.91. The molecule has 0 unspecified atom stereocenters. The molecule has 3 rings (SSSR count). The van der Waals surface area contributed by atoms with Crippen LogP contribution < -0.4 is 5.32 Å². The Morgan fingerprint density at radius 2 is 1.96 bits per heavy atom. The van der Waals surface area contributed by atoms with Gasteiger partial charge in [0.2, 0.25) is 5.91 Å². The van der Waals surface area contributed by atoms with Gasteiger partial charge < -0.3 is 15.0 Å². The molecule has 1 aromatic carbocycles. The average molecular weight is 422 g/mol. The van der Waals surface area contributed by atoms with Crippen molar-refractivity contribution in [2.75, 3.05) is 19.6 Å². The van der Waals surface area contributed by atoms with Crippen LogP contribution in [0.15, 0.2) is 18.2 Å². The summed E-state index contributed by atoms with van der Waals surface area (Å²) in [6, 6.07) is 6.02. The molecule has 0 aromatic heterocycles. The van der Waals surface area contributed by atoms with Crippen LogP contribution in [-0.2, 0) is 16.1 Å². The van der Waals surface area contributed by atoms with Crippen molar-refractivity contribution in [2.24, 2.45) is 5.92 Å². The zero-order valence-corrected chi connectivity index (χ0v) is 17.4. The van der Waals surface area contributed by atoms with Crippen LogP contribution in [0.3, 0.4) is 0 Å². The van der Waals surface area contributed by atoms with Crippen LogP contribution in [0.2, 0.25) is 10.0 Å². The zero-order valence-electron chi connectivity index (χ0n) is 15.0. The predicted molar refractivity (Wildman–Crippen MR) is 108 cm³/mol. The molecule has 1 amide bonds. The van der Waals surface area contributed by atoms with E-state index in [1.807, 2.05) is 17.0 Å². The molecule has 1 aromatic rings. The normalized spacial score (nSPS) is 24.2. The Kier molecular flexibility index (Phi) is 8.49. The van der Waals surface area contributed by atoms with Crippen molar-refractivity contribution in [3.63, 3.8) is 0 Å². The second kappa shape index (κ2) is 10.1. The second-order valence-corrected chi connectivity index (χ2v) is 7.97. The van der Waals surface area contributed by atoms with E-state index in [2.05, 4.69) is 12.2 Å². The number of hydrogen-bond acceptors (Lipinski definition) is 3. The van der Waals surface area contributed by atoms with Crippen molar-refractivity contribution >= 4 is 41.5 Å². The fourth-order valence-electron chi connectivity index (χ4n) is 3.70. The largest absolute Gasteiger partial charge is 0.373 e. The van der Waals surface area contributed by atoms with Crippen molar-refractivity contribution in [3.05, 3.63) is 33.8 Å². The second-order valence-electron chi connectivity index (χ2n) is 7.16. The Morgan fingerprint density at radius 1 is 1.23 bits per heavy atom. The SMILES string of the molecule is C[C@H]1C[C@@H](C(=O)N2CCC(OCc3ccc(Cl)c(Cl)c3)CC2)CCN1.Cl. The summed E-state index contributed by atoms with van der Waals surface area (Å²) in [5, 5.41) is 4.52. The minimum absolute atomic E-state index is 0. The Balaban J connectivity index is 0.00000243. The third-order valence-corrected chi connectivity index (χ3v) is 5.94. The van der Waals surface area contributed by atoms with E-state index in [9.17, 15) is 4.79 Å². The van der Waals surface area contributed by atoms with E-state index in [-0.39, 0.29) is 24.4 Å². The van der Waals surface area contributed by atoms with Gasteiger partial charge in [-0.25, -0.2) is 0 Å². The lowest BCUT2D eigenvalue weighted by molar-refractivity contribution is -0.139. The molecule has 0 radical (unpaired) electrons. The van der Waals surface area contributed by atoms with E-state index in [0.717, 1.165) is 50.9 Å². The smallest absolute Gasteiger partial charge is 0.225 e. The summed E-state index contributed by atoms with van der Waals surface area (Å²) in [4.78, 5) is 14.7. The van der Waals surface area contributed by atoms with Crippen LogP contribution >= 0.6 is 35.6 Å². The van der Waals surface area contributed by atoms with Crippen LogP contribution in [0.4, 0.5) is 0 Å². The van der Waals surface area contributed by atoms with E-state index in [4.69, 9.17) is 27.9 Å². The molecule has 2 atom stereocenters. The lowest BCUT2D eigenvalue weighted by Crippen LogP contribution is -2.47. The number of piperidine rings is 2. The molecule has 2 aliphatic heterocycles. The van der Waals surface area contributed by atoms with Gasteiger partial charge in [0.05, 0.1) is 22.8 Å². The molecule has 0 aliphatic carbocycles. The van der Waals surface area contributed by atoms with Crippen LogP contribution in [-0.4, -0.2) is 42.6 Å². The first kappa shape index (κ1) is 21.8. The first-order chi connectivity index (χ1) is 12.0. The molecule has 2 fully saturated rings. The number of amides is 1. The Morgan fingerprint density at radius 3 is 2.62 bits per heavy atom. The van der Waals surface area contributed by atoms with Gasteiger partial charge in [-0.2, -0.15) is 0 Å². The molecule has 0 spiro atoms. The van der Waals surface area contributed by atoms with Gasteiger partial charge in [-0.3, -0.25) is 4.79 Å². The molecular formula is C19H27Cl3N2O2. The van der Waals surface area contributed by atoms with Crippen molar-refractivity contribution < 1.29 is 9.53 Å². The maximum atomic E-state index is 12.7. The molecule has 0 saturated carbocycles. The van der Waals surface area contributed by atoms with E-state index in [0.29, 0.717) is 28.6 Å². The number of benzene rings is 1. The van der Waals surface area contributed by atoms with Crippen LogP contribution in [0.1, 0.15) is 38.2 Å². The van der Waals surface area contributed by atoms with Crippen molar-refractivity contribution in [2.45, 2.75) is 51.4 Å². The number of carbonyl (C=O) groups is 1. The highest BCUT2D eigenvalue weighted by atomic mass is 35.5. The number of hydrogen-bond donors (Lipinski definition) is 1. The third-order valence-electron chi connectivity index (χ3n) is 5.20. The minimum atomic E-state index is 0. The number of carbonyl (C=O) groups excluding carboxylic acids is 1. The number of ether oxygens (including phenoxy) is 1. The Labute approximate surface area is 172 Å². The monoisotopic (exact) mass is 420 g/mol. The zero-order chi connectivity index (χ0) is 17.8. The topological polar surface area (TPSA) is 41.6 Å². The van der Waals surface area contributed by atoms with Crippen molar-refractivity contribution in [3.8, 4) is 0 Å². The average Bonchev–Trinajstić information content (AvgIpc) is 2.62. The summed E-state index contributed by atoms with van der Waals surface area (Å²) in [7, 11) is 0. The maximum Gasteiger partial charge on any atom is 0.225 e. The highest BCUT2D eigenvalue weighted by Gasteiger charge is 2.31. The number of halogens is 3. The molecule has 2 aliphatic rings. The highest BCUT2D eigenvalue weighted by molar-refractivity contribution is 6.42. The maximum absolute atomic E-state index is 12.7. The van der Waals surface area contributed by atoms with Gasteiger partial charge in [-0.15, -0.1) is 12.4 Å². The molecule has 1 N–H and O–H groups in total. The number of nitrogens with zero attached hydrogens (tertiary/aromatic N) is 1. The fraction of sp³-hybridized carbons (Fsp3) is 0.632. The minimum Gasteiger partial charge on any atom is -0.373 e. The van der Waals surface area contributed by atoms with Crippen molar-refractivity contribution in [1.29, 1.82) is 0 Å². The quantitative estimate of drug-likeness (QED) is 0.787. The molecule has 146 valence electrons. The Bertz CT molecular complexity index is 606. The van der Waals surface area contributed by atoms with Crippen molar-refractivity contribution in [1.82, 2.24) is 10.2 Å². The lowest BCUT2D eigenvalue weighted by Gasteiger charge is -2.36. The predicted octanol–water partition coefficient (Wildman–Crippen LogP) is 4.31.